The van der Waals surface area contributed by atoms with Crippen LogP contribution in [0.4, 0.5) is 0 Å². The maximum Gasteiger partial charge on any atom is 1.00 e. The molecule has 1 aromatic carbocycles. The van der Waals surface area contributed by atoms with Crippen LogP contribution in [0.25, 0.3) is 0 Å². The number of methoxy groups -OCH3 is 1. The first-order valence-corrected chi connectivity index (χ1v) is 4.60. The summed E-state index contributed by atoms with van der Waals surface area (Å²) in [5.41, 5.74) is 0. The van der Waals surface area contributed by atoms with Crippen LogP contribution in [-0.4, -0.2) is 20.1 Å². The second-order valence-corrected chi connectivity index (χ2v) is 3.52. The average molecular weight is 212 g/mol. The fourth-order valence-corrected chi connectivity index (χ4v) is 1.49. The second-order valence-electron chi connectivity index (χ2n) is 2.13. The summed E-state index contributed by atoms with van der Waals surface area (Å²) in [6, 6.07) is 5.86. The fraction of sp³-hybridized carbons (Fsp3) is 0.143. The molecule has 0 atom stereocenters. The van der Waals surface area contributed by atoms with Crippen molar-refractivity contribution in [2.45, 2.75) is 4.90 Å². The average Bonchev–Trinajstić information content (AvgIpc) is 2.03. The second kappa shape index (κ2) is 4.97. The van der Waals surface area contributed by atoms with Crippen molar-refractivity contribution in [3.63, 3.8) is 0 Å². The molecule has 0 radical (unpaired) electrons. The van der Waals surface area contributed by atoms with E-state index in [2.05, 4.69) is 0 Å². The van der Waals surface area contributed by atoms with E-state index in [4.69, 9.17) is 9.29 Å². The minimum Gasteiger partial charge on any atom is -1.00 e. The molecule has 0 saturated heterocycles. The Balaban J connectivity index is 0. The van der Waals surface area contributed by atoms with Crippen LogP contribution in [0.3, 0.4) is 0 Å². The molecule has 0 bridgehead atoms. The van der Waals surface area contributed by atoms with Crippen LogP contribution in [0.5, 0.6) is 5.75 Å². The van der Waals surface area contributed by atoms with Gasteiger partial charge in [-0.1, -0.05) is 12.1 Å². The fourth-order valence-electron chi connectivity index (χ4n) is 0.832. The van der Waals surface area contributed by atoms with Crippen LogP contribution in [-0.2, 0) is 10.1 Å². The third-order valence-corrected chi connectivity index (χ3v) is 2.24. The van der Waals surface area contributed by atoms with E-state index >= 15 is 0 Å². The summed E-state index contributed by atoms with van der Waals surface area (Å²) in [5, 5.41) is 0. The molecular formula is C7H9NaO4S. The molecule has 0 aliphatic rings. The largest absolute Gasteiger partial charge is 1.00 e. The van der Waals surface area contributed by atoms with Crippen molar-refractivity contribution in [1.82, 2.24) is 0 Å². The van der Waals surface area contributed by atoms with Gasteiger partial charge in [-0.25, -0.2) is 0 Å². The molecule has 0 aliphatic heterocycles. The van der Waals surface area contributed by atoms with Crippen molar-refractivity contribution in [3.8, 4) is 5.75 Å². The molecule has 1 rings (SSSR count). The molecule has 0 unspecified atom stereocenters. The number of para-hydroxylation sites is 1. The summed E-state index contributed by atoms with van der Waals surface area (Å²) in [4.78, 5) is -0.215. The number of ether oxygens (including phenoxy) is 1. The van der Waals surface area contributed by atoms with Crippen LogP contribution < -0.4 is 34.3 Å². The Hall–Kier alpha value is -0.0700. The van der Waals surface area contributed by atoms with Crippen molar-refractivity contribution in [1.29, 1.82) is 0 Å². The molecule has 4 nitrogen and oxygen atoms in total. The van der Waals surface area contributed by atoms with E-state index in [1.165, 1.54) is 25.3 Å². The summed E-state index contributed by atoms with van der Waals surface area (Å²) in [6.45, 7) is 0. The summed E-state index contributed by atoms with van der Waals surface area (Å²) in [7, 11) is -2.83. The van der Waals surface area contributed by atoms with Crippen molar-refractivity contribution >= 4 is 10.1 Å². The van der Waals surface area contributed by atoms with Crippen LogP contribution in [0.1, 0.15) is 1.43 Å². The summed E-state index contributed by atoms with van der Waals surface area (Å²) >= 11 is 0. The zero-order valence-electron chi connectivity index (χ0n) is 8.39. The van der Waals surface area contributed by atoms with Gasteiger partial charge in [-0.05, 0) is 12.1 Å². The first kappa shape index (κ1) is 12.9. The molecule has 0 saturated carbocycles. The Bertz CT molecular complexity index is 379. The SMILES string of the molecule is COc1ccccc1S(=O)(=O)O.[H-].[Na+]. The topological polar surface area (TPSA) is 63.6 Å². The predicted molar refractivity (Wildman–Crippen MR) is 43.9 cm³/mol. The molecule has 1 N–H and O–H groups in total. The van der Waals surface area contributed by atoms with E-state index in [1.807, 2.05) is 0 Å². The number of hydrogen-bond donors (Lipinski definition) is 1. The molecule has 0 aliphatic carbocycles. The normalized spacial score (nSPS) is 10.3. The molecule has 0 amide bonds. The zero-order valence-corrected chi connectivity index (χ0v) is 10.2. The van der Waals surface area contributed by atoms with Gasteiger partial charge in [0.15, 0.2) is 0 Å². The van der Waals surface area contributed by atoms with Crippen LogP contribution in [0.15, 0.2) is 29.2 Å². The Morgan fingerprint density at radius 2 is 1.92 bits per heavy atom. The van der Waals surface area contributed by atoms with Gasteiger partial charge >= 0.3 is 29.6 Å². The maximum atomic E-state index is 10.7. The van der Waals surface area contributed by atoms with Gasteiger partial charge in [0.05, 0.1) is 7.11 Å². The van der Waals surface area contributed by atoms with Crippen molar-refractivity contribution in [3.05, 3.63) is 24.3 Å². The standard InChI is InChI=1S/C7H8O4S.Na.H/c1-11-6-4-2-3-5-7(6)12(8,9)10;;/h2-5H,1H3,(H,8,9,10);;/q;+1;-1. The van der Waals surface area contributed by atoms with E-state index in [9.17, 15) is 8.42 Å². The number of benzene rings is 1. The molecule has 13 heavy (non-hydrogen) atoms. The predicted octanol–water partition coefficient (Wildman–Crippen LogP) is -1.94. The van der Waals surface area contributed by atoms with Gasteiger partial charge < -0.3 is 6.16 Å². The zero-order chi connectivity index (χ0) is 9.19. The van der Waals surface area contributed by atoms with Crippen molar-refractivity contribution < 1.29 is 48.7 Å². The van der Waals surface area contributed by atoms with Gasteiger partial charge in [-0.3, -0.25) is 4.55 Å². The van der Waals surface area contributed by atoms with Gasteiger partial charge in [-0.15, -0.1) is 0 Å². The van der Waals surface area contributed by atoms with E-state index in [-0.39, 0.29) is 41.6 Å². The number of hydrogen-bond acceptors (Lipinski definition) is 3. The minimum absolute atomic E-state index is 0. The maximum absolute atomic E-state index is 10.7. The Morgan fingerprint density at radius 1 is 1.38 bits per heavy atom. The Morgan fingerprint density at radius 3 is 2.31 bits per heavy atom. The van der Waals surface area contributed by atoms with Gasteiger partial charge in [0.2, 0.25) is 0 Å². The molecule has 0 fully saturated rings. The minimum atomic E-state index is -4.17. The molecule has 0 heterocycles. The van der Waals surface area contributed by atoms with Crippen molar-refractivity contribution in [2.75, 3.05) is 7.11 Å². The molecular weight excluding hydrogens is 203 g/mol. The van der Waals surface area contributed by atoms with E-state index in [1.54, 1.807) is 6.07 Å². The quantitative estimate of drug-likeness (QED) is 0.457. The van der Waals surface area contributed by atoms with Gasteiger partial charge in [-0.2, -0.15) is 8.42 Å². The summed E-state index contributed by atoms with van der Waals surface area (Å²) in [5.74, 6) is 0.139. The Labute approximate surface area is 100 Å². The van der Waals surface area contributed by atoms with Crippen LogP contribution in [0, 0.1) is 0 Å². The van der Waals surface area contributed by atoms with Gasteiger partial charge in [0.1, 0.15) is 10.6 Å². The monoisotopic (exact) mass is 212 g/mol. The third kappa shape index (κ3) is 3.28. The van der Waals surface area contributed by atoms with E-state index < -0.39 is 10.1 Å². The molecule has 6 heteroatoms. The van der Waals surface area contributed by atoms with Gasteiger partial charge in [0, 0.05) is 0 Å². The third-order valence-electron chi connectivity index (χ3n) is 1.35. The summed E-state index contributed by atoms with van der Waals surface area (Å²) < 4.78 is 34.8. The first-order valence-electron chi connectivity index (χ1n) is 3.16. The van der Waals surface area contributed by atoms with Gasteiger partial charge in [0.25, 0.3) is 10.1 Å². The van der Waals surface area contributed by atoms with Crippen LogP contribution >= 0.6 is 0 Å². The summed E-state index contributed by atoms with van der Waals surface area (Å²) in [6.07, 6.45) is 0. The van der Waals surface area contributed by atoms with E-state index in [0.29, 0.717) is 0 Å². The number of rotatable bonds is 2. The van der Waals surface area contributed by atoms with Crippen molar-refractivity contribution in [2.24, 2.45) is 0 Å². The molecule has 0 spiro atoms. The Kier molecular flexibility index (Phi) is 4.95. The van der Waals surface area contributed by atoms with E-state index in [0.717, 1.165) is 0 Å². The first-order chi connectivity index (χ1) is 5.55. The molecule has 1 aromatic rings. The smallest absolute Gasteiger partial charge is 1.00 e. The molecule has 0 aromatic heterocycles. The molecule has 68 valence electrons. The van der Waals surface area contributed by atoms with Crippen LogP contribution in [0.2, 0.25) is 0 Å².